The van der Waals surface area contributed by atoms with Crippen LogP contribution in [0.4, 0.5) is 0 Å². The number of benzene rings is 2. The van der Waals surface area contributed by atoms with Crippen LogP contribution in [-0.4, -0.2) is 31.1 Å². The van der Waals surface area contributed by atoms with Gasteiger partial charge < -0.3 is 14.8 Å². The van der Waals surface area contributed by atoms with Gasteiger partial charge in [0.25, 0.3) is 0 Å². The molecule has 1 amide bonds. The third-order valence-corrected chi connectivity index (χ3v) is 7.85. The molecule has 2 aliphatic carbocycles. The third kappa shape index (κ3) is 7.08. The molecule has 188 valence electrons. The minimum Gasteiger partial charge on any atom is -0.465 e. The van der Waals surface area contributed by atoms with Crippen LogP contribution in [0.25, 0.3) is 0 Å². The second-order valence-corrected chi connectivity index (χ2v) is 10.3. The molecule has 6 heteroatoms. The highest BCUT2D eigenvalue weighted by molar-refractivity contribution is 6.30. The highest BCUT2D eigenvalue weighted by Crippen LogP contribution is 2.32. The monoisotopic (exact) mass is 497 g/mol. The molecular formula is C29H36ClNO4. The van der Waals surface area contributed by atoms with E-state index in [1.54, 1.807) is 12.1 Å². The van der Waals surface area contributed by atoms with Crippen LogP contribution in [0.15, 0.2) is 48.5 Å². The lowest BCUT2D eigenvalue weighted by atomic mass is 9.86. The van der Waals surface area contributed by atoms with Gasteiger partial charge in [0.15, 0.2) is 0 Å². The van der Waals surface area contributed by atoms with E-state index in [2.05, 4.69) is 17.4 Å². The molecule has 0 aromatic heterocycles. The number of amides is 1. The number of rotatable bonds is 9. The summed E-state index contributed by atoms with van der Waals surface area (Å²) in [6.07, 6.45) is 8.76. The molecule has 4 rings (SSSR count). The molecule has 0 spiro atoms. The average molecular weight is 498 g/mol. The average Bonchev–Trinajstić information content (AvgIpc) is 3.33. The first-order valence-electron chi connectivity index (χ1n) is 12.9. The number of esters is 1. The van der Waals surface area contributed by atoms with Crippen LogP contribution < -0.4 is 5.32 Å². The second-order valence-electron chi connectivity index (χ2n) is 9.91. The predicted octanol–water partition coefficient (Wildman–Crippen LogP) is 6.12. The molecule has 0 aliphatic heterocycles. The Morgan fingerprint density at radius 2 is 1.77 bits per heavy atom. The zero-order valence-corrected chi connectivity index (χ0v) is 21.3. The Morgan fingerprint density at radius 1 is 1.00 bits per heavy atom. The molecule has 1 N–H and O–H groups in total. The summed E-state index contributed by atoms with van der Waals surface area (Å²) < 4.78 is 11.0. The lowest BCUT2D eigenvalue weighted by molar-refractivity contribution is -0.128. The number of halogens is 1. The van der Waals surface area contributed by atoms with Crippen LogP contribution in [-0.2, 0) is 27.3 Å². The number of methoxy groups -OCH3 is 1. The van der Waals surface area contributed by atoms with Crippen molar-refractivity contribution in [1.82, 2.24) is 5.32 Å². The Hall–Kier alpha value is -2.37. The largest absolute Gasteiger partial charge is 0.465 e. The summed E-state index contributed by atoms with van der Waals surface area (Å²) >= 11 is 6.19. The molecule has 2 aromatic carbocycles. The maximum Gasteiger partial charge on any atom is 0.338 e. The van der Waals surface area contributed by atoms with E-state index in [-0.39, 0.29) is 29.9 Å². The number of aryl methyl sites for hydroxylation is 1. The lowest BCUT2D eigenvalue weighted by Crippen LogP contribution is -2.42. The molecule has 2 atom stereocenters. The van der Waals surface area contributed by atoms with Gasteiger partial charge in [0.1, 0.15) is 0 Å². The van der Waals surface area contributed by atoms with E-state index < -0.39 is 0 Å². The van der Waals surface area contributed by atoms with Crippen molar-refractivity contribution < 1.29 is 19.1 Å². The van der Waals surface area contributed by atoms with Crippen molar-refractivity contribution in [1.29, 1.82) is 0 Å². The summed E-state index contributed by atoms with van der Waals surface area (Å²) in [5.41, 5.74) is 2.67. The second kappa shape index (κ2) is 12.5. The topological polar surface area (TPSA) is 64.6 Å². The lowest BCUT2D eigenvalue weighted by Gasteiger charge is -2.30. The van der Waals surface area contributed by atoms with E-state index >= 15 is 0 Å². The highest BCUT2D eigenvalue weighted by atomic mass is 35.5. The maximum atomic E-state index is 13.1. The van der Waals surface area contributed by atoms with Gasteiger partial charge in [-0.2, -0.15) is 0 Å². The fraction of sp³-hybridized carbons (Fsp3) is 0.517. The summed E-state index contributed by atoms with van der Waals surface area (Å²) in [5, 5.41) is 3.99. The fourth-order valence-electron chi connectivity index (χ4n) is 5.57. The molecular weight excluding hydrogens is 462 g/mol. The minimum atomic E-state index is -0.337. The van der Waals surface area contributed by atoms with E-state index in [1.807, 2.05) is 24.3 Å². The van der Waals surface area contributed by atoms with Crippen LogP contribution in [0.5, 0.6) is 0 Å². The summed E-state index contributed by atoms with van der Waals surface area (Å²) in [6, 6.07) is 15.8. The zero-order chi connectivity index (χ0) is 24.6. The molecule has 5 nitrogen and oxygen atoms in total. The molecule has 0 bridgehead atoms. The number of carbonyl (C=O) groups is 2. The van der Waals surface area contributed by atoms with Crippen LogP contribution >= 0.6 is 11.6 Å². The Bertz CT molecular complexity index is 987. The van der Waals surface area contributed by atoms with Gasteiger partial charge in [0, 0.05) is 17.0 Å². The first-order valence-corrected chi connectivity index (χ1v) is 13.2. The van der Waals surface area contributed by atoms with Gasteiger partial charge in [-0.1, -0.05) is 48.4 Å². The van der Waals surface area contributed by atoms with Crippen molar-refractivity contribution in [3.63, 3.8) is 0 Å². The molecule has 2 fully saturated rings. The third-order valence-electron chi connectivity index (χ3n) is 7.62. The number of ether oxygens (including phenoxy) is 2. The predicted molar refractivity (Wildman–Crippen MR) is 137 cm³/mol. The summed E-state index contributed by atoms with van der Waals surface area (Å²) in [4.78, 5) is 25.2. The normalized spacial score (nSPS) is 24.2. The molecule has 2 saturated carbocycles. The Balaban J connectivity index is 1.24. The SMILES string of the molecule is COC(=O)c1ccc(Cl)cc1CC[C@@H]1CCC[C@@H]1NC(=O)C1CCC(OCc2ccccc2)CC1. The van der Waals surface area contributed by atoms with Crippen LogP contribution in [0.1, 0.15) is 72.9 Å². The molecule has 0 unspecified atom stereocenters. The number of hydrogen-bond donors (Lipinski definition) is 1. The molecule has 2 aliphatic rings. The van der Waals surface area contributed by atoms with E-state index in [4.69, 9.17) is 21.1 Å². The first kappa shape index (κ1) is 25.7. The van der Waals surface area contributed by atoms with E-state index in [1.165, 1.54) is 12.7 Å². The Labute approximate surface area is 213 Å². The van der Waals surface area contributed by atoms with Gasteiger partial charge in [-0.3, -0.25) is 4.79 Å². The summed E-state index contributed by atoms with van der Waals surface area (Å²) in [7, 11) is 1.39. The van der Waals surface area contributed by atoms with Gasteiger partial charge in [-0.25, -0.2) is 4.79 Å². The quantitative estimate of drug-likeness (QED) is 0.424. The molecule has 35 heavy (non-hydrogen) atoms. The number of hydrogen-bond acceptors (Lipinski definition) is 4. The van der Waals surface area contributed by atoms with Crippen molar-refractivity contribution >= 4 is 23.5 Å². The van der Waals surface area contributed by atoms with E-state index in [9.17, 15) is 9.59 Å². The fourth-order valence-corrected chi connectivity index (χ4v) is 5.77. The summed E-state index contributed by atoms with van der Waals surface area (Å²) in [5.74, 6) is 0.346. The van der Waals surface area contributed by atoms with E-state index in [0.29, 0.717) is 23.1 Å². The van der Waals surface area contributed by atoms with Crippen LogP contribution in [0, 0.1) is 11.8 Å². The van der Waals surface area contributed by atoms with Gasteiger partial charge >= 0.3 is 5.97 Å². The standard InChI is InChI=1S/C29H36ClNO4/c1-34-29(33)26-17-14-24(30)18-23(26)11-10-21-8-5-9-27(21)31-28(32)22-12-15-25(16-13-22)35-19-20-6-3-2-4-7-20/h2-4,6-7,14,17-18,21-22,25,27H,5,8-13,15-16,19H2,1H3,(H,31,32)/t21-,22?,25?,27-/m0/s1. The van der Waals surface area contributed by atoms with Gasteiger partial charge in [0.2, 0.25) is 5.91 Å². The zero-order valence-electron chi connectivity index (χ0n) is 20.5. The molecule has 0 saturated heterocycles. The van der Waals surface area contributed by atoms with Gasteiger partial charge in [-0.05, 0) is 86.6 Å². The van der Waals surface area contributed by atoms with Gasteiger partial charge in [0.05, 0.1) is 25.4 Å². The minimum absolute atomic E-state index is 0.0756. The van der Waals surface area contributed by atoms with Crippen molar-refractivity contribution in [3.8, 4) is 0 Å². The number of nitrogens with one attached hydrogen (secondary N) is 1. The van der Waals surface area contributed by atoms with E-state index in [0.717, 1.165) is 63.4 Å². The van der Waals surface area contributed by atoms with Crippen molar-refractivity contribution in [2.75, 3.05) is 7.11 Å². The first-order chi connectivity index (χ1) is 17.0. The van der Waals surface area contributed by atoms with Crippen LogP contribution in [0.2, 0.25) is 5.02 Å². The number of carbonyl (C=O) groups excluding carboxylic acids is 2. The van der Waals surface area contributed by atoms with Gasteiger partial charge in [-0.15, -0.1) is 0 Å². The molecule has 0 heterocycles. The maximum absolute atomic E-state index is 13.1. The van der Waals surface area contributed by atoms with Crippen molar-refractivity contribution in [3.05, 3.63) is 70.2 Å². The van der Waals surface area contributed by atoms with Crippen molar-refractivity contribution in [2.24, 2.45) is 11.8 Å². The molecule has 0 radical (unpaired) electrons. The Kier molecular flexibility index (Phi) is 9.22. The highest BCUT2D eigenvalue weighted by Gasteiger charge is 2.32. The molecule has 2 aromatic rings. The van der Waals surface area contributed by atoms with Crippen molar-refractivity contribution in [2.45, 2.75) is 76.5 Å². The van der Waals surface area contributed by atoms with Crippen LogP contribution in [0.3, 0.4) is 0 Å². The Morgan fingerprint density at radius 3 is 2.51 bits per heavy atom. The summed E-state index contributed by atoms with van der Waals surface area (Å²) in [6.45, 7) is 0.635. The smallest absolute Gasteiger partial charge is 0.338 e.